The minimum Gasteiger partial charge on any atom is -0.459 e. The molecule has 4 heterocycles. The summed E-state index contributed by atoms with van der Waals surface area (Å²) in [5.74, 6) is 0.664. The van der Waals surface area contributed by atoms with E-state index in [9.17, 15) is 18.0 Å². The molecule has 3 aromatic heterocycles. The van der Waals surface area contributed by atoms with E-state index in [4.69, 9.17) is 4.42 Å². The van der Waals surface area contributed by atoms with E-state index in [1.165, 1.54) is 12.3 Å². The summed E-state index contributed by atoms with van der Waals surface area (Å²) in [7, 11) is 0. The summed E-state index contributed by atoms with van der Waals surface area (Å²) in [6, 6.07) is 14.9. The zero-order chi connectivity index (χ0) is 23.7. The van der Waals surface area contributed by atoms with Crippen molar-refractivity contribution in [1.82, 2.24) is 14.9 Å². The van der Waals surface area contributed by atoms with Gasteiger partial charge >= 0.3 is 6.18 Å². The van der Waals surface area contributed by atoms with E-state index in [2.05, 4.69) is 9.97 Å². The van der Waals surface area contributed by atoms with Crippen LogP contribution in [0.15, 0.2) is 71.5 Å². The van der Waals surface area contributed by atoms with Gasteiger partial charge in [0.1, 0.15) is 11.5 Å². The Morgan fingerprint density at radius 1 is 0.943 bits per heavy atom. The van der Waals surface area contributed by atoms with Crippen LogP contribution in [0.3, 0.4) is 0 Å². The number of fused-ring (bicyclic) bond motifs is 1. The van der Waals surface area contributed by atoms with Crippen LogP contribution < -0.4 is 4.90 Å². The van der Waals surface area contributed by atoms with Gasteiger partial charge in [0, 0.05) is 43.3 Å². The molecule has 35 heavy (non-hydrogen) atoms. The molecule has 182 valence electrons. The van der Waals surface area contributed by atoms with Crippen LogP contribution in [0, 0.1) is 0 Å². The second-order valence-electron chi connectivity index (χ2n) is 8.06. The number of aromatic nitrogens is 2. The summed E-state index contributed by atoms with van der Waals surface area (Å²) >= 11 is 0. The molecule has 0 unspecified atom stereocenters. The lowest BCUT2D eigenvalue weighted by molar-refractivity contribution is -0.140. The molecule has 1 amide bonds. The first-order valence-electron chi connectivity index (χ1n) is 10.9. The average Bonchev–Trinajstić information content (AvgIpc) is 3.27. The highest BCUT2D eigenvalue weighted by Gasteiger charge is 2.33. The third-order valence-corrected chi connectivity index (χ3v) is 5.90. The van der Waals surface area contributed by atoms with Crippen LogP contribution in [0.2, 0.25) is 0 Å². The molecule has 1 aromatic carbocycles. The second-order valence-corrected chi connectivity index (χ2v) is 8.06. The summed E-state index contributed by atoms with van der Waals surface area (Å²) in [6.45, 7) is 2.08. The number of alkyl halides is 3. The van der Waals surface area contributed by atoms with Gasteiger partial charge in [-0.1, -0.05) is 30.3 Å². The molecule has 0 spiro atoms. The highest BCUT2D eigenvalue weighted by molar-refractivity contribution is 5.99. The molecule has 1 aliphatic rings. The Morgan fingerprint density at radius 2 is 1.74 bits per heavy atom. The molecule has 10 heteroatoms. The maximum absolute atomic E-state index is 13.5. The molecule has 0 bridgehead atoms. The first-order valence-corrected chi connectivity index (χ1v) is 10.9. The number of halogens is 4. The van der Waals surface area contributed by atoms with Gasteiger partial charge < -0.3 is 14.2 Å². The third-order valence-electron chi connectivity index (χ3n) is 5.90. The lowest BCUT2D eigenvalue weighted by Gasteiger charge is -2.24. The normalized spacial score (nSPS) is 14.5. The molecule has 5 rings (SSSR count). The minimum absolute atomic E-state index is 0. The molecule has 1 saturated heterocycles. The number of amides is 1. The van der Waals surface area contributed by atoms with Gasteiger partial charge in [-0.2, -0.15) is 13.2 Å². The highest BCUT2D eigenvalue weighted by atomic mass is 35.5. The van der Waals surface area contributed by atoms with Crippen LogP contribution in [0.5, 0.6) is 0 Å². The number of carbonyl (C=O) groups is 1. The summed E-state index contributed by atoms with van der Waals surface area (Å²) < 4.78 is 45.6. The fraction of sp³-hybridized carbons (Fsp3) is 0.240. The zero-order valence-corrected chi connectivity index (χ0v) is 19.4. The highest BCUT2D eigenvalue weighted by Crippen LogP contribution is 2.36. The number of hydrogen-bond acceptors (Lipinski definition) is 5. The summed E-state index contributed by atoms with van der Waals surface area (Å²) in [4.78, 5) is 25.1. The maximum Gasteiger partial charge on any atom is 0.433 e. The Labute approximate surface area is 205 Å². The number of hydrogen-bond donors (Lipinski definition) is 0. The van der Waals surface area contributed by atoms with Crippen molar-refractivity contribution < 1.29 is 22.4 Å². The first kappa shape index (κ1) is 24.5. The Hall–Kier alpha value is -3.59. The lowest BCUT2D eigenvalue weighted by atomic mass is 10.0. The van der Waals surface area contributed by atoms with Gasteiger partial charge in [-0.15, -0.1) is 12.4 Å². The van der Waals surface area contributed by atoms with Gasteiger partial charge in [-0.25, -0.2) is 9.97 Å². The Kier molecular flexibility index (Phi) is 6.98. The van der Waals surface area contributed by atoms with Crippen LogP contribution in [-0.2, 0) is 6.18 Å². The van der Waals surface area contributed by atoms with Crippen molar-refractivity contribution in [3.05, 3.63) is 78.5 Å². The average molecular weight is 503 g/mol. The molecular weight excluding hydrogens is 481 g/mol. The van der Waals surface area contributed by atoms with Crippen molar-refractivity contribution in [3.8, 4) is 11.1 Å². The molecule has 1 aliphatic heterocycles. The van der Waals surface area contributed by atoms with E-state index in [-0.39, 0.29) is 29.6 Å². The molecule has 0 radical (unpaired) electrons. The van der Waals surface area contributed by atoms with E-state index in [1.54, 1.807) is 23.2 Å². The number of nitrogens with zero attached hydrogens (tertiary/aromatic N) is 4. The number of anilines is 1. The maximum atomic E-state index is 13.5. The van der Waals surface area contributed by atoms with Crippen molar-refractivity contribution in [2.75, 3.05) is 31.1 Å². The molecule has 0 aliphatic carbocycles. The van der Waals surface area contributed by atoms with E-state index in [1.807, 2.05) is 35.2 Å². The lowest BCUT2D eigenvalue weighted by Crippen LogP contribution is -2.35. The summed E-state index contributed by atoms with van der Waals surface area (Å²) in [5.41, 5.74) is 0.582. The fourth-order valence-corrected chi connectivity index (χ4v) is 4.23. The van der Waals surface area contributed by atoms with E-state index >= 15 is 0 Å². The molecular formula is C25H22ClF3N4O2. The van der Waals surface area contributed by atoms with Crippen LogP contribution >= 0.6 is 12.4 Å². The number of benzene rings is 1. The number of rotatable bonds is 3. The van der Waals surface area contributed by atoms with Gasteiger partial charge in [0.2, 0.25) is 0 Å². The van der Waals surface area contributed by atoms with Gasteiger partial charge in [-0.3, -0.25) is 4.79 Å². The van der Waals surface area contributed by atoms with Crippen LogP contribution in [0.4, 0.5) is 19.0 Å². The van der Waals surface area contributed by atoms with Gasteiger partial charge in [0.05, 0.1) is 11.8 Å². The molecule has 0 N–H and O–H groups in total. The summed E-state index contributed by atoms with van der Waals surface area (Å²) in [5, 5.41) is 0.542. The van der Waals surface area contributed by atoms with Gasteiger partial charge in [0.15, 0.2) is 5.76 Å². The predicted molar refractivity (Wildman–Crippen MR) is 129 cm³/mol. The second kappa shape index (κ2) is 9.95. The van der Waals surface area contributed by atoms with Crippen molar-refractivity contribution >= 4 is 35.0 Å². The van der Waals surface area contributed by atoms with Gasteiger partial charge in [-0.05, 0) is 36.2 Å². The minimum atomic E-state index is -4.55. The summed E-state index contributed by atoms with van der Waals surface area (Å²) in [6.07, 6.45) is -0.828. The largest absolute Gasteiger partial charge is 0.459 e. The SMILES string of the molecule is Cl.O=C(c1ccco1)N1CCCN(c2ncc(-c3ccccc3)c3nc(C(F)(F)F)ccc23)CC1. The number of pyridine rings is 2. The molecule has 0 atom stereocenters. The van der Waals surface area contributed by atoms with E-state index < -0.39 is 11.9 Å². The fourth-order valence-electron chi connectivity index (χ4n) is 4.23. The van der Waals surface area contributed by atoms with E-state index in [0.717, 1.165) is 11.6 Å². The smallest absolute Gasteiger partial charge is 0.433 e. The molecule has 1 fully saturated rings. The van der Waals surface area contributed by atoms with Crippen molar-refractivity contribution in [3.63, 3.8) is 0 Å². The van der Waals surface area contributed by atoms with Crippen LogP contribution in [-0.4, -0.2) is 47.0 Å². The molecule has 4 aromatic rings. The Balaban J connectivity index is 0.00000289. The van der Waals surface area contributed by atoms with Crippen molar-refractivity contribution in [1.29, 1.82) is 0 Å². The van der Waals surface area contributed by atoms with Gasteiger partial charge in [0.25, 0.3) is 5.91 Å². The third kappa shape index (κ3) is 4.95. The molecule has 6 nitrogen and oxygen atoms in total. The predicted octanol–water partition coefficient (Wildman–Crippen LogP) is 5.68. The molecule has 0 saturated carbocycles. The number of carbonyl (C=O) groups excluding carboxylic acids is 1. The first-order chi connectivity index (χ1) is 16.4. The topological polar surface area (TPSA) is 62.5 Å². The Bertz CT molecular complexity index is 1310. The van der Waals surface area contributed by atoms with Crippen LogP contribution in [0.25, 0.3) is 22.0 Å². The Morgan fingerprint density at radius 3 is 2.46 bits per heavy atom. The van der Waals surface area contributed by atoms with E-state index in [0.29, 0.717) is 49.4 Å². The van der Waals surface area contributed by atoms with Crippen molar-refractivity contribution in [2.24, 2.45) is 0 Å². The monoisotopic (exact) mass is 502 g/mol. The van der Waals surface area contributed by atoms with Crippen LogP contribution in [0.1, 0.15) is 22.7 Å². The quantitative estimate of drug-likeness (QED) is 0.360. The standard InChI is InChI=1S/C25H21F3N4O2.ClH/c26-25(27,28)21-10-9-18-22(30-21)19(17-6-2-1-3-7-17)16-29-23(18)31-11-5-12-32(14-13-31)24(33)20-8-4-15-34-20;/h1-4,6-10,15-16H,5,11-14H2;1H. The zero-order valence-electron chi connectivity index (χ0n) is 18.5. The van der Waals surface area contributed by atoms with Crippen molar-refractivity contribution in [2.45, 2.75) is 12.6 Å². The number of furan rings is 1.